The Morgan fingerprint density at radius 2 is 2.07 bits per heavy atom. The largest absolute Gasteiger partial charge is 0.486 e. The number of fused-ring (bicyclic) bond motifs is 3. The average Bonchev–Trinajstić information content (AvgIpc) is 3.12. The molecule has 2 aliphatic heterocycles. The maximum absolute atomic E-state index is 13.5. The number of likely N-dealkylation sites (tertiary alicyclic amines) is 1. The number of aromatic nitrogens is 1. The summed E-state index contributed by atoms with van der Waals surface area (Å²) in [5.74, 6) is 0.549. The van der Waals surface area contributed by atoms with Gasteiger partial charge in [-0.15, -0.1) is 0 Å². The van der Waals surface area contributed by atoms with E-state index >= 15 is 0 Å². The quantitative estimate of drug-likeness (QED) is 0.904. The first kappa shape index (κ1) is 17.3. The Kier molecular flexibility index (Phi) is 4.66. The highest BCUT2D eigenvalue weighted by molar-refractivity contribution is 6.00. The van der Waals surface area contributed by atoms with Gasteiger partial charge in [0.15, 0.2) is 0 Å². The number of carbonyl (C=O) groups is 2. The molecule has 2 aliphatic rings. The second-order valence-electron chi connectivity index (χ2n) is 6.69. The lowest BCUT2D eigenvalue weighted by Crippen LogP contribution is -2.50. The molecule has 0 radical (unpaired) electrons. The van der Waals surface area contributed by atoms with Crippen molar-refractivity contribution >= 4 is 17.6 Å². The first-order valence-electron chi connectivity index (χ1n) is 9.19. The van der Waals surface area contributed by atoms with Crippen molar-refractivity contribution in [1.82, 2.24) is 15.2 Å². The number of amides is 3. The topological polar surface area (TPSA) is 74.8 Å². The number of para-hydroxylation sites is 2. The van der Waals surface area contributed by atoms with Crippen LogP contribution in [0.2, 0.25) is 0 Å². The second kappa shape index (κ2) is 7.26. The normalized spacial score (nSPS) is 21.1. The molecule has 1 N–H and O–H groups in total. The van der Waals surface area contributed by atoms with Crippen molar-refractivity contribution in [3.8, 4) is 5.75 Å². The van der Waals surface area contributed by atoms with Crippen LogP contribution in [0.25, 0.3) is 0 Å². The summed E-state index contributed by atoms with van der Waals surface area (Å²) >= 11 is 0. The van der Waals surface area contributed by atoms with Crippen molar-refractivity contribution in [3.63, 3.8) is 0 Å². The van der Waals surface area contributed by atoms with Gasteiger partial charge in [0.25, 0.3) is 0 Å². The number of nitrogens with one attached hydrogen (secondary N) is 1. The molecule has 7 heteroatoms. The molecule has 3 heterocycles. The average molecular weight is 366 g/mol. The van der Waals surface area contributed by atoms with Crippen LogP contribution in [0.1, 0.15) is 19.0 Å². The Bertz CT molecular complexity index is 842. The summed E-state index contributed by atoms with van der Waals surface area (Å²) in [5.41, 5.74) is 1.49. The fraction of sp³-hybridized carbons (Fsp3) is 0.350. The molecule has 27 heavy (non-hydrogen) atoms. The number of urea groups is 1. The molecule has 4 rings (SSSR count). The zero-order chi connectivity index (χ0) is 18.8. The molecule has 0 spiro atoms. The van der Waals surface area contributed by atoms with E-state index in [4.69, 9.17) is 4.74 Å². The van der Waals surface area contributed by atoms with Crippen molar-refractivity contribution in [2.24, 2.45) is 0 Å². The molecule has 1 aromatic heterocycles. The fourth-order valence-electron chi connectivity index (χ4n) is 3.67. The minimum Gasteiger partial charge on any atom is -0.486 e. The molecule has 2 unspecified atom stereocenters. The van der Waals surface area contributed by atoms with Gasteiger partial charge < -0.3 is 19.9 Å². The Morgan fingerprint density at radius 3 is 2.85 bits per heavy atom. The molecule has 2 atom stereocenters. The Balaban J connectivity index is 1.72. The molecule has 2 bridgehead atoms. The van der Waals surface area contributed by atoms with Crippen LogP contribution in [-0.4, -0.2) is 47.1 Å². The highest BCUT2D eigenvalue weighted by Crippen LogP contribution is 2.36. The molecule has 1 saturated heterocycles. The third kappa shape index (κ3) is 3.32. The first-order valence-corrected chi connectivity index (χ1v) is 9.19. The summed E-state index contributed by atoms with van der Waals surface area (Å²) in [4.78, 5) is 33.6. The summed E-state index contributed by atoms with van der Waals surface area (Å²) in [7, 11) is 0. The molecular formula is C20H22N4O3. The predicted molar refractivity (Wildman–Crippen MR) is 100 cm³/mol. The Labute approximate surface area is 157 Å². The lowest BCUT2D eigenvalue weighted by atomic mass is 10.1. The summed E-state index contributed by atoms with van der Waals surface area (Å²) in [6.07, 6.45) is 2.00. The third-order valence-electron chi connectivity index (χ3n) is 4.90. The van der Waals surface area contributed by atoms with Crippen LogP contribution in [0.4, 0.5) is 10.5 Å². The molecule has 1 fully saturated rings. The standard InChI is InChI=1S/C20H22N4O3/c1-2-21-20(26)24-13-15-11-17(24)19(25)23(12-14-7-5-6-10-22-14)16-8-3-4-9-18(16)27-15/h3-10,15,17H,2,11-13H2,1H3,(H,21,26). The van der Waals surface area contributed by atoms with E-state index in [-0.39, 0.29) is 18.0 Å². The maximum atomic E-state index is 13.5. The SMILES string of the molecule is CCNC(=O)N1CC2CC1C(=O)N(Cc1ccccn1)c1ccccc1O2. The Hall–Kier alpha value is -3.09. The van der Waals surface area contributed by atoms with Gasteiger partial charge in [-0.05, 0) is 31.2 Å². The molecule has 2 aromatic rings. The molecule has 0 aliphatic carbocycles. The van der Waals surface area contributed by atoms with Gasteiger partial charge in [0.05, 0.1) is 24.5 Å². The minimum atomic E-state index is -0.543. The second-order valence-corrected chi connectivity index (χ2v) is 6.69. The number of ether oxygens (including phenoxy) is 1. The summed E-state index contributed by atoms with van der Waals surface area (Å²) in [5, 5.41) is 2.80. The Morgan fingerprint density at radius 1 is 1.26 bits per heavy atom. The summed E-state index contributed by atoms with van der Waals surface area (Å²) in [6.45, 7) is 3.10. The number of carbonyl (C=O) groups excluding carboxylic acids is 2. The predicted octanol–water partition coefficient (Wildman–Crippen LogP) is 2.18. The maximum Gasteiger partial charge on any atom is 0.318 e. The number of pyridine rings is 1. The first-order chi connectivity index (χ1) is 13.2. The zero-order valence-electron chi connectivity index (χ0n) is 15.2. The van der Waals surface area contributed by atoms with Crippen LogP contribution in [0.3, 0.4) is 0 Å². The summed E-state index contributed by atoms with van der Waals surface area (Å²) < 4.78 is 6.17. The van der Waals surface area contributed by atoms with Crippen LogP contribution >= 0.6 is 0 Å². The van der Waals surface area contributed by atoms with Gasteiger partial charge >= 0.3 is 6.03 Å². The van der Waals surface area contributed by atoms with E-state index in [1.165, 1.54) is 0 Å². The van der Waals surface area contributed by atoms with Gasteiger partial charge in [0, 0.05) is 19.2 Å². The fourth-order valence-corrected chi connectivity index (χ4v) is 3.67. The number of nitrogens with zero attached hydrogens (tertiary/aromatic N) is 3. The lowest BCUT2D eigenvalue weighted by molar-refractivity contribution is -0.122. The van der Waals surface area contributed by atoms with Crippen molar-refractivity contribution in [1.29, 1.82) is 0 Å². The lowest BCUT2D eigenvalue weighted by Gasteiger charge is -2.31. The van der Waals surface area contributed by atoms with E-state index in [0.717, 1.165) is 5.69 Å². The minimum absolute atomic E-state index is 0.106. The van der Waals surface area contributed by atoms with Crippen molar-refractivity contribution in [3.05, 3.63) is 54.4 Å². The zero-order valence-corrected chi connectivity index (χ0v) is 15.2. The summed E-state index contributed by atoms with van der Waals surface area (Å²) in [6, 6.07) is 12.4. The van der Waals surface area contributed by atoms with Crippen molar-refractivity contribution < 1.29 is 14.3 Å². The van der Waals surface area contributed by atoms with E-state index in [1.807, 2.05) is 49.4 Å². The molecule has 3 amide bonds. The number of benzene rings is 1. The molecular weight excluding hydrogens is 344 g/mol. The molecule has 7 nitrogen and oxygen atoms in total. The number of hydrogen-bond donors (Lipinski definition) is 1. The van der Waals surface area contributed by atoms with Crippen molar-refractivity contribution in [2.75, 3.05) is 18.0 Å². The van der Waals surface area contributed by atoms with Crippen LogP contribution < -0.4 is 15.0 Å². The molecule has 1 aromatic carbocycles. The van der Waals surface area contributed by atoms with E-state index in [0.29, 0.717) is 37.5 Å². The van der Waals surface area contributed by atoms with Crippen molar-refractivity contribution in [2.45, 2.75) is 32.0 Å². The van der Waals surface area contributed by atoms with E-state index < -0.39 is 6.04 Å². The van der Waals surface area contributed by atoms with Crippen LogP contribution in [0, 0.1) is 0 Å². The van der Waals surface area contributed by atoms with Crippen LogP contribution in [-0.2, 0) is 11.3 Å². The van der Waals surface area contributed by atoms with Gasteiger partial charge in [-0.1, -0.05) is 18.2 Å². The van der Waals surface area contributed by atoms with Gasteiger partial charge in [-0.2, -0.15) is 0 Å². The number of hydrogen-bond acceptors (Lipinski definition) is 4. The highest BCUT2D eigenvalue weighted by Gasteiger charge is 2.44. The van der Waals surface area contributed by atoms with Crippen LogP contribution in [0.5, 0.6) is 5.75 Å². The van der Waals surface area contributed by atoms with E-state index in [1.54, 1.807) is 16.0 Å². The highest BCUT2D eigenvalue weighted by atomic mass is 16.5. The van der Waals surface area contributed by atoms with Crippen LogP contribution in [0.15, 0.2) is 48.7 Å². The van der Waals surface area contributed by atoms with Gasteiger partial charge in [-0.3, -0.25) is 9.78 Å². The monoisotopic (exact) mass is 366 g/mol. The molecule has 140 valence electrons. The number of anilines is 1. The molecule has 0 saturated carbocycles. The smallest absolute Gasteiger partial charge is 0.318 e. The van der Waals surface area contributed by atoms with Gasteiger partial charge in [0.1, 0.15) is 17.9 Å². The van der Waals surface area contributed by atoms with E-state index in [2.05, 4.69) is 10.3 Å². The van der Waals surface area contributed by atoms with E-state index in [9.17, 15) is 9.59 Å². The number of rotatable bonds is 3. The third-order valence-corrected chi connectivity index (χ3v) is 4.90. The van der Waals surface area contributed by atoms with Gasteiger partial charge in [-0.25, -0.2) is 4.79 Å². The van der Waals surface area contributed by atoms with Gasteiger partial charge in [0.2, 0.25) is 5.91 Å².